The summed E-state index contributed by atoms with van der Waals surface area (Å²) >= 11 is 0. The molecule has 2 amide bonds. The van der Waals surface area contributed by atoms with Crippen molar-refractivity contribution in [3.8, 4) is 0 Å². The van der Waals surface area contributed by atoms with Crippen molar-refractivity contribution in [3.63, 3.8) is 0 Å². The number of amides is 2. The van der Waals surface area contributed by atoms with E-state index in [2.05, 4.69) is 10.2 Å². The summed E-state index contributed by atoms with van der Waals surface area (Å²) in [6.45, 7) is 2.08. The summed E-state index contributed by atoms with van der Waals surface area (Å²) < 4.78 is 5.06. The molecule has 2 heterocycles. The van der Waals surface area contributed by atoms with Crippen LogP contribution < -0.4 is 0 Å². The van der Waals surface area contributed by atoms with Crippen molar-refractivity contribution in [3.05, 3.63) is 17.0 Å². The fraction of sp³-hybridized carbons (Fsp3) is 0.722. The molecule has 7 nitrogen and oxygen atoms in total. The Balaban J connectivity index is 1.60. The van der Waals surface area contributed by atoms with E-state index in [9.17, 15) is 9.59 Å². The molecule has 1 unspecified atom stereocenters. The molecule has 138 valence electrons. The largest absolute Gasteiger partial charge is 0.383 e. The maximum Gasteiger partial charge on any atom is 0.227 e. The van der Waals surface area contributed by atoms with Crippen molar-refractivity contribution in [2.75, 3.05) is 33.9 Å². The van der Waals surface area contributed by atoms with Crippen LogP contribution in [-0.2, 0) is 33.7 Å². The van der Waals surface area contributed by atoms with Crippen LogP contribution in [0.4, 0.5) is 0 Å². The maximum atomic E-state index is 12.8. The van der Waals surface area contributed by atoms with E-state index in [1.165, 1.54) is 24.1 Å². The molecule has 1 aliphatic heterocycles. The van der Waals surface area contributed by atoms with Crippen LogP contribution in [0.5, 0.6) is 0 Å². The molecule has 0 bridgehead atoms. The second kappa shape index (κ2) is 7.99. The number of rotatable bonds is 6. The molecular formula is C18H28N4O3. The zero-order chi connectivity index (χ0) is 17.8. The van der Waals surface area contributed by atoms with Gasteiger partial charge in [-0.15, -0.1) is 0 Å². The van der Waals surface area contributed by atoms with E-state index in [1.54, 1.807) is 16.9 Å². The van der Waals surface area contributed by atoms with Crippen LogP contribution in [0.25, 0.3) is 0 Å². The first kappa shape index (κ1) is 17.9. The normalized spacial score (nSPS) is 20.5. The van der Waals surface area contributed by atoms with Gasteiger partial charge in [-0.05, 0) is 37.7 Å². The minimum atomic E-state index is -0.130. The Morgan fingerprint density at radius 1 is 1.36 bits per heavy atom. The van der Waals surface area contributed by atoms with E-state index in [0.717, 1.165) is 18.5 Å². The molecule has 3 rings (SSSR count). The Morgan fingerprint density at radius 3 is 2.96 bits per heavy atom. The number of nitrogens with zero attached hydrogens (tertiary/aromatic N) is 3. The van der Waals surface area contributed by atoms with E-state index in [0.29, 0.717) is 39.1 Å². The van der Waals surface area contributed by atoms with E-state index in [-0.39, 0.29) is 17.7 Å². The average molecular weight is 348 g/mol. The van der Waals surface area contributed by atoms with Gasteiger partial charge in [-0.1, -0.05) is 0 Å². The van der Waals surface area contributed by atoms with Crippen molar-refractivity contribution in [1.29, 1.82) is 0 Å². The molecule has 0 spiro atoms. The molecule has 7 heteroatoms. The summed E-state index contributed by atoms with van der Waals surface area (Å²) in [6.07, 6.45) is 5.56. The van der Waals surface area contributed by atoms with Crippen LogP contribution in [0.1, 0.15) is 42.6 Å². The van der Waals surface area contributed by atoms with Gasteiger partial charge in [0.05, 0.1) is 24.8 Å². The number of hydrogen-bond donors (Lipinski definition) is 1. The minimum Gasteiger partial charge on any atom is -0.383 e. The second-order valence-corrected chi connectivity index (χ2v) is 7.10. The number of aromatic amines is 1. The lowest BCUT2D eigenvalue weighted by atomic mass is 9.94. The maximum absolute atomic E-state index is 12.8. The molecule has 25 heavy (non-hydrogen) atoms. The molecule has 1 aromatic rings. The van der Waals surface area contributed by atoms with E-state index in [4.69, 9.17) is 4.74 Å². The van der Waals surface area contributed by atoms with Gasteiger partial charge in [0.15, 0.2) is 0 Å². The number of ether oxygens (including phenoxy) is 1. The SMILES string of the molecule is COCCN1CC(C(=O)N(C)Cc2n[nH]c3c2CCCC3)CCC1=O. The molecule has 1 aliphatic carbocycles. The molecular weight excluding hydrogens is 320 g/mol. The Hall–Kier alpha value is -1.89. The Morgan fingerprint density at radius 2 is 2.16 bits per heavy atom. The highest BCUT2D eigenvalue weighted by molar-refractivity contribution is 5.83. The van der Waals surface area contributed by atoms with Crippen molar-refractivity contribution >= 4 is 11.8 Å². The Bertz CT molecular complexity index is 628. The fourth-order valence-corrected chi connectivity index (χ4v) is 3.83. The molecule has 1 aromatic heterocycles. The number of methoxy groups -OCH3 is 1. The number of nitrogens with one attached hydrogen (secondary N) is 1. The van der Waals surface area contributed by atoms with Crippen LogP contribution in [0.2, 0.25) is 0 Å². The lowest BCUT2D eigenvalue weighted by Crippen LogP contribution is -2.47. The van der Waals surface area contributed by atoms with E-state index < -0.39 is 0 Å². The van der Waals surface area contributed by atoms with Crippen molar-refractivity contribution in [2.24, 2.45) is 5.92 Å². The Labute approximate surface area is 148 Å². The quantitative estimate of drug-likeness (QED) is 0.836. The summed E-state index contributed by atoms with van der Waals surface area (Å²) in [5, 5.41) is 7.56. The van der Waals surface area contributed by atoms with Crippen LogP contribution in [-0.4, -0.2) is 65.7 Å². The second-order valence-electron chi connectivity index (χ2n) is 7.10. The number of H-pyrrole nitrogens is 1. The molecule has 0 radical (unpaired) electrons. The lowest BCUT2D eigenvalue weighted by molar-refractivity contribution is -0.143. The first-order valence-corrected chi connectivity index (χ1v) is 9.16. The zero-order valence-electron chi connectivity index (χ0n) is 15.2. The topological polar surface area (TPSA) is 78.5 Å². The number of aromatic nitrogens is 2. The highest BCUT2D eigenvalue weighted by Gasteiger charge is 2.32. The summed E-state index contributed by atoms with van der Waals surface area (Å²) in [5.74, 6) is 0.0851. The number of carbonyl (C=O) groups excluding carboxylic acids is 2. The van der Waals surface area contributed by atoms with Gasteiger partial charge in [0.2, 0.25) is 11.8 Å². The molecule has 0 saturated carbocycles. The van der Waals surface area contributed by atoms with E-state index in [1.807, 2.05) is 7.05 Å². The Kier molecular flexibility index (Phi) is 5.73. The third-order valence-electron chi connectivity index (χ3n) is 5.32. The number of carbonyl (C=O) groups is 2. The number of aryl methyl sites for hydroxylation is 1. The average Bonchev–Trinajstić information content (AvgIpc) is 3.03. The highest BCUT2D eigenvalue weighted by atomic mass is 16.5. The third-order valence-corrected chi connectivity index (χ3v) is 5.32. The first-order valence-electron chi connectivity index (χ1n) is 9.16. The summed E-state index contributed by atoms with van der Waals surface area (Å²) in [6, 6.07) is 0. The number of likely N-dealkylation sites (tertiary alicyclic amines) is 1. The van der Waals surface area contributed by atoms with Gasteiger partial charge >= 0.3 is 0 Å². The molecule has 0 aromatic carbocycles. The molecule has 1 fully saturated rings. The number of hydrogen-bond acceptors (Lipinski definition) is 4. The molecule has 1 atom stereocenters. The summed E-state index contributed by atoms with van der Waals surface area (Å²) in [4.78, 5) is 28.3. The van der Waals surface area contributed by atoms with Crippen molar-refractivity contribution < 1.29 is 14.3 Å². The van der Waals surface area contributed by atoms with Gasteiger partial charge in [0, 0.05) is 39.4 Å². The number of piperidine rings is 1. The standard InChI is InChI=1S/C18H28N4O3/c1-21(12-16-14-5-3-4-6-15(14)19-20-16)18(24)13-7-8-17(23)22(11-13)9-10-25-2/h13H,3-12H2,1-2H3,(H,19,20). The molecule has 2 aliphatic rings. The van der Waals surface area contributed by atoms with Gasteiger partial charge in [-0.2, -0.15) is 5.10 Å². The van der Waals surface area contributed by atoms with Crippen LogP contribution in [0.15, 0.2) is 0 Å². The van der Waals surface area contributed by atoms with Gasteiger partial charge in [0.1, 0.15) is 0 Å². The lowest BCUT2D eigenvalue weighted by Gasteiger charge is -2.33. The van der Waals surface area contributed by atoms with Crippen molar-refractivity contribution in [1.82, 2.24) is 20.0 Å². The van der Waals surface area contributed by atoms with Crippen LogP contribution >= 0.6 is 0 Å². The minimum absolute atomic E-state index is 0.0995. The van der Waals surface area contributed by atoms with Gasteiger partial charge in [0.25, 0.3) is 0 Å². The summed E-state index contributed by atoms with van der Waals surface area (Å²) in [7, 11) is 3.46. The first-order chi connectivity index (χ1) is 12.1. The summed E-state index contributed by atoms with van der Waals surface area (Å²) in [5.41, 5.74) is 3.52. The van der Waals surface area contributed by atoms with Gasteiger partial charge < -0.3 is 14.5 Å². The van der Waals surface area contributed by atoms with Crippen molar-refractivity contribution in [2.45, 2.75) is 45.1 Å². The number of fused-ring (bicyclic) bond motifs is 1. The molecule has 1 N–H and O–H groups in total. The van der Waals surface area contributed by atoms with Gasteiger partial charge in [-0.3, -0.25) is 14.7 Å². The highest BCUT2D eigenvalue weighted by Crippen LogP contribution is 2.24. The zero-order valence-corrected chi connectivity index (χ0v) is 15.2. The predicted molar refractivity (Wildman–Crippen MR) is 92.9 cm³/mol. The van der Waals surface area contributed by atoms with Gasteiger partial charge in [-0.25, -0.2) is 0 Å². The third kappa shape index (κ3) is 4.03. The van der Waals surface area contributed by atoms with Crippen LogP contribution in [0, 0.1) is 5.92 Å². The predicted octanol–water partition coefficient (Wildman–Crippen LogP) is 1.13. The van der Waals surface area contributed by atoms with E-state index >= 15 is 0 Å². The monoisotopic (exact) mass is 348 g/mol. The molecule has 1 saturated heterocycles. The van der Waals surface area contributed by atoms with Crippen LogP contribution in [0.3, 0.4) is 0 Å². The smallest absolute Gasteiger partial charge is 0.227 e. The fourth-order valence-electron chi connectivity index (χ4n) is 3.83.